The Morgan fingerprint density at radius 1 is 0.397 bits per heavy atom. The van der Waals surface area contributed by atoms with Crippen LogP contribution in [0.4, 0.5) is 0 Å². The van der Waals surface area contributed by atoms with Gasteiger partial charge < -0.3 is 5.53 Å². The second-order valence-corrected chi connectivity index (χ2v) is 25.6. The van der Waals surface area contributed by atoms with Gasteiger partial charge in [0.1, 0.15) is 0 Å². The summed E-state index contributed by atoms with van der Waals surface area (Å²) in [5.74, 6) is 0. The quantitative estimate of drug-likeness (QED) is 0.0285. The molecule has 3 rings (SSSR count). The van der Waals surface area contributed by atoms with Gasteiger partial charge in [0.05, 0.1) is 0 Å². The van der Waals surface area contributed by atoms with E-state index in [9.17, 15) is 5.53 Å². The topological polar surface area (TPSA) is 25.3 Å². The van der Waals surface area contributed by atoms with Crippen molar-refractivity contribution in [2.75, 3.05) is 0 Å². The molecule has 0 unspecified atom stereocenters. The number of allylic oxidation sites excluding steroid dienone is 2. The molecule has 2 nitrogen and oxygen atoms in total. The number of hydrogen-bond acceptors (Lipinski definition) is 0. The number of rotatable bonds is 35. The molecule has 0 spiro atoms. The number of aryl methyl sites for hydroxylation is 2. The summed E-state index contributed by atoms with van der Waals surface area (Å²) < 4.78 is 1.62. The molecule has 0 N–H and O–H groups in total. The van der Waals surface area contributed by atoms with Crippen LogP contribution < -0.4 is 0 Å². The average molecular weight is 1060 g/mol. The van der Waals surface area contributed by atoms with E-state index in [1.54, 1.807) is 12.8 Å². The molecule has 0 atom stereocenters. The summed E-state index contributed by atoms with van der Waals surface area (Å²) in [6.45, 7) is 9.19. The van der Waals surface area contributed by atoms with Crippen molar-refractivity contribution in [2.24, 2.45) is 0 Å². The predicted molar refractivity (Wildman–Crippen MR) is 272 cm³/mol. The molecule has 1 aliphatic rings. The zero-order valence-electron chi connectivity index (χ0n) is 37.9. The van der Waals surface area contributed by atoms with Gasteiger partial charge in [-0.1, -0.05) is 212 Å². The number of hydrogen-bond donors (Lipinski definition) is 0. The monoisotopic (exact) mass is 1060 g/mol. The number of benzene rings is 2. The molecule has 58 heavy (non-hydrogen) atoms. The van der Waals surface area contributed by atoms with Crippen LogP contribution in [-0.4, -0.2) is 4.70 Å². The second kappa shape index (κ2) is 37.1. The SMILES string of the molecule is CCCCCCCCCCCCCCCCCc1cccc(C2=C(CCCCCCCC)C(CCCC)=C(c3cccc(CCCCCCCC)c3)[N+]2=[N-])c1.[I][Ni][I]. The summed E-state index contributed by atoms with van der Waals surface area (Å²) >= 11 is 4.43. The Morgan fingerprint density at radius 2 is 0.672 bits per heavy atom. The van der Waals surface area contributed by atoms with Gasteiger partial charge in [-0.15, -0.1) is 0 Å². The van der Waals surface area contributed by atoms with E-state index in [0.29, 0.717) is 0 Å². The van der Waals surface area contributed by atoms with Crippen molar-refractivity contribution >= 4 is 52.4 Å². The molecule has 1 heterocycles. The van der Waals surface area contributed by atoms with Gasteiger partial charge in [0.25, 0.3) is 0 Å². The van der Waals surface area contributed by atoms with Crippen molar-refractivity contribution in [3.05, 3.63) is 87.5 Å². The molecule has 0 bridgehead atoms. The number of nitrogens with zero attached hydrogens (tertiary/aromatic N) is 2. The van der Waals surface area contributed by atoms with E-state index in [1.807, 2.05) is 0 Å². The van der Waals surface area contributed by atoms with E-state index < -0.39 is 0 Å². The molecule has 2 aromatic rings. The Balaban J connectivity index is 0.00000374. The summed E-state index contributed by atoms with van der Waals surface area (Å²) in [4.78, 5) is 0. The molecule has 2 aromatic carbocycles. The molecule has 1 aliphatic heterocycles. The molecule has 0 fully saturated rings. The second-order valence-electron chi connectivity index (χ2n) is 17.3. The average Bonchev–Trinajstić information content (AvgIpc) is 3.51. The summed E-state index contributed by atoms with van der Waals surface area (Å²) in [6.07, 6.45) is 43.3. The van der Waals surface area contributed by atoms with E-state index in [-0.39, 0.29) is 0 Å². The van der Waals surface area contributed by atoms with E-state index >= 15 is 0 Å². The first-order valence-electron chi connectivity index (χ1n) is 24.5. The molecule has 0 amide bonds. The Hall–Kier alpha value is -0.526. The fraction of sp³-hybridized carbons (Fsp3) is 0.698. The Bertz CT molecular complexity index is 1400. The minimum atomic E-state index is 1.03. The number of halogens is 2. The van der Waals surface area contributed by atoms with Gasteiger partial charge in [-0.3, -0.25) is 0 Å². The van der Waals surface area contributed by atoms with Gasteiger partial charge in [-0.2, -0.15) is 0 Å². The van der Waals surface area contributed by atoms with Crippen LogP contribution in [0.5, 0.6) is 0 Å². The predicted octanol–water partition coefficient (Wildman–Crippen LogP) is 19.9. The van der Waals surface area contributed by atoms with Crippen LogP contribution >= 0.6 is 41.0 Å². The molecule has 0 aliphatic carbocycles. The van der Waals surface area contributed by atoms with Gasteiger partial charge >= 0.3 is 49.0 Å². The van der Waals surface area contributed by atoms with Crippen molar-refractivity contribution in [3.63, 3.8) is 0 Å². The Labute approximate surface area is 388 Å². The van der Waals surface area contributed by atoms with Crippen LogP contribution in [-0.2, 0) is 20.9 Å². The third-order valence-electron chi connectivity index (χ3n) is 12.2. The van der Waals surface area contributed by atoms with Crippen molar-refractivity contribution in [1.82, 2.24) is 0 Å². The van der Waals surface area contributed by atoms with Gasteiger partial charge in [0, 0.05) is 22.3 Å². The third-order valence-corrected chi connectivity index (χ3v) is 12.2. The van der Waals surface area contributed by atoms with Crippen LogP contribution in [0.2, 0.25) is 0 Å². The number of unbranched alkanes of at least 4 members (excludes halogenated alkanes) is 25. The van der Waals surface area contributed by atoms with E-state index in [1.165, 1.54) is 207 Å². The molecular weight excluding hydrogens is 977 g/mol. The zero-order valence-corrected chi connectivity index (χ0v) is 43.2. The first-order chi connectivity index (χ1) is 28.6. The van der Waals surface area contributed by atoms with Crippen molar-refractivity contribution in [3.8, 4) is 0 Å². The van der Waals surface area contributed by atoms with E-state index in [2.05, 4.69) is 117 Å². The molecule has 5 heteroatoms. The van der Waals surface area contributed by atoms with E-state index in [4.69, 9.17) is 0 Å². The van der Waals surface area contributed by atoms with Crippen LogP contribution in [0.3, 0.4) is 0 Å². The fourth-order valence-electron chi connectivity index (χ4n) is 8.78. The molecule has 0 aromatic heterocycles. The molecule has 0 saturated carbocycles. The minimum absolute atomic E-state index is 1.03. The third kappa shape index (κ3) is 23.1. The first kappa shape index (κ1) is 53.6. The summed E-state index contributed by atoms with van der Waals surface area (Å²) in [5.41, 5.74) is 22.3. The summed E-state index contributed by atoms with van der Waals surface area (Å²) in [6, 6.07) is 18.4. The molecule has 0 radical (unpaired) electrons. The van der Waals surface area contributed by atoms with Gasteiger partial charge in [-0.05, 0) is 86.8 Å². The Morgan fingerprint density at radius 3 is 1.00 bits per heavy atom. The maximum atomic E-state index is 12.3. The van der Waals surface area contributed by atoms with Crippen molar-refractivity contribution < 1.29 is 12.8 Å². The molecule has 332 valence electrons. The van der Waals surface area contributed by atoms with Crippen LogP contribution in [0.15, 0.2) is 59.7 Å². The fourth-order valence-corrected chi connectivity index (χ4v) is 8.78. The zero-order chi connectivity index (χ0) is 41.9. The first-order valence-corrected chi connectivity index (χ1v) is 30.9. The van der Waals surface area contributed by atoms with Gasteiger partial charge in [0.15, 0.2) is 0 Å². The van der Waals surface area contributed by atoms with Gasteiger partial charge in [0.2, 0.25) is 11.4 Å². The van der Waals surface area contributed by atoms with Crippen molar-refractivity contribution in [1.29, 1.82) is 0 Å². The standard InChI is InChI=1S/C53H86N2.2HI.Ni/c1-5-9-13-16-19-20-21-22-23-24-25-26-27-29-32-37-47-39-35-41-49(45-47)53-51(43-33-30-18-15-11-7-3)50(42-12-8-4)52(55(53)54)48-40-34-38-46(44-48)36-31-28-17-14-10-6-2;;;/h34-35,38-41,44-45H,5-33,36-37,42-43H2,1-4H3;2*1H;/q;;;+2/p-2. The maximum absolute atomic E-state index is 12.3. The molecule has 0 saturated heterocycles. The van der Waals surface area contributed by atoms with Crippen LogP contribution in [0, 0.1) is 0 Å². The van der Waals surface area contributed by atoms with Gasteiger partial charge in [-0.25, -0.2) is 4.70 Å². The summed E-state index contributed by atoms with van der Waals surface area (Å²) in [7, 11) is 1.56. The van der Waals surface area contributed by atoms with Crippen LogP contribution in [0.25, 0.3) is 16.9 Å². The summed E-state index contributed by atoms with van der Waals surface area (Å²) in [5, 5.41) is 0. The van der Waals surface area contributed by atoms with Crippen LogP contribution in [0.1, 0.15) is 249 Å². The normalized spacial score (nSPS) is 12.9. The Kier molecular flexibility index (Phi) is 34.3. The van der Waals surface area contributed by atoms with Crippen molar-refractivity contribution in [2.45, 2.75) is 240 Å². The molecular formula is C53H86I2N2Ni. The van der Waals surface area contributed by atoms with E-state index in [0.717, 1.165) is 49.9 Å².